The summed E-state index contributed by atoms with van der Waals surface area (Å²) in [6.07, 6.45) is 1.82. The van der Waals surface area contributed by atoms with Gasteiger partial charge in [-0.05, 0) is 13.3 Å². The second-order valence-corrected chi connectivity index (χ2v) is 5.57. The molecule has 23 heavy (non-hydrogen) atoms. The predicted molar refractivity (Wildman–Crippen MR) is 80.4 cm³/mol. The lowest BCUT2D eigenvalue weighted by Crippen LogP contribution is -2.38. The highest BCUT2D eigenvalue weighted by Gasteiger charge is 2.30. The van der Waals surface area contributed by atoms with E-state index in [9.17, 15) is 14.4 Å². The number of carbonyl (C=O) groups is 2. The fourth-order valence-corrected chi connectivity index (χ4v) is 2.83. The lowest BCUT2D eigenvalue weighted by molar-refractivity contribution is 0.0688. The summed E-state index contributed by atoms with van der Waals surface area (Å²) in [4.78, 5) is 40.1. The molecule has 120 valence electrons. The van der Waals surface area contributed by atoms with Gasteiger partial charge in [-0.15, -0.1) is 0 Å². The Kier molecular flexibility index (Phi) is 3.51. The van der Waals surface area contributed by atoms with Crippen molar-refractivity contribution < 1.29 is 14.7 Å². The first-order valence-electron chi connectivity index (χ1n) is 7.15. The van der Waals surface area contributed by atoms with Crippen molar-refractivity contribution in [3.05, 3.63) is 50.7 Å². The number of hydrogen-bond donors (Lipinski definition) is 2. The van der Waals surface area contributed by atoms with Crippen molar-refractivity contribution in [2.75, 3.05) is 6.54 Å². The van der Waals surface area contributed by atoms with E-state index in [0.29, 0.717) is 29.9 Å². The molecule has 2 aromatic rings. The van der Waals surface area contributed by atoms with E-state index >= 15 is 0 Å². The van der Waals surface area contributed by atoms with Gasteiger partial charge in [0.05, 0.1) is 12.2 Å². The second-order valence-electron chi connectivity index (χ2n) is 5.57. The number of nitrogens with zero attached hydrogens (tertiary/aromatic N) is 3. The lowest BCUT2D eigenvalue weighted by Gasteiger charge is -2.27. The molecule has 0 spiro atoms. The largest absolute Gasteiger partial charge is 0.476 e. The van der Waals surface area contributed by atoms with Gasteiger partial charge in [0.25, 0.3) is 5.91 Å². The van der Waals surface area contributed by atoms with Crippen molar-refractivity contribution in [2.24, 2.45) is 7.05 Å². The molecule has 0 saturated heterocycles. The zero-order valence-electron chi connectivity index (χ0n) is 12.8. The molecule has 8 heteroatoms. The van der Waals surface area contributed by atoms with Crippen LogP contribution in [0, 0.1) is 6.92 Å². The van der Waals surface area contributed by atoms with E-state index in [-0.39, 0.29) is 29.1 Å². The van der Waals surface area contributed by atoms with E-state index in [2.05, 4.69) is 10.1 Å². The molecule has 1 amide bonds. The molecule has 0 aliphatic carbocycles. The number of aromatic nitrogens is 3. The molecule has 0 fully saturated rings. The van der Waals surface area contributed by atoms with Crippen LogP contribution < -0.4 is 5.43 Å². The number of amides is 1. The highest BCUT2D eigenvalue weighted by Crippen LogP contribution is 2.22. The standard InChI is InChI=1S/C15H16N4O4/c1-8-5-12(20)10(6-16-8)14(21)19-4-3-9-11(7-19)18(2)17-13(9)15(22)23/h5-6H,3-4,7H2,1-2H3,(H,16,20)(H,22,23). The monoisotopic (exact) mass is 316 g/mol. The molecule has 0 aromatic carbocycles. The Morgan fingerprint density at radius 2 is 2.13 bits per heavy atom. The predicted octanol–water partition coefficient (Wildman–Crippen LogP) is 0.314. The van der Waals surface area contributed by atoms with Crippen molar-refractivity contribution in [1.82, 2.24) is 19.7 Å². The number of nitrogens with one attached hydrogen (secondary N) is 1. The molecule has 3 heterocycles. The van der Waals surface area contributed by atoms with Crippen molar-refractivity contribution in [1.29, 1.82) is 0 Å². The van der Waals surface area contributed by atoms with Crippen LogP contribution in [0.4, 0.5) is 0 Å². The maximum atomic E-state index is 12.6. The number of hydrogen-bond acceptors (Lipinski definition) is 4. The molecule has 0 unspecified atom stereocenters. The topological polar surface area (TPSA) is 108 Å². The number of H-pyrrole nitrogens is 1. The van der Waals surface area contributed by atoms with Gasteiger partial charge < -0.3 is 15.0 Å². The first-order valence-corrected chi connectivity index (χ1v) is 7.15. The summed E-state index contributed by atoms with van der Waals surface area (Å²) in [5.41, 5.74) is 1.81. The average Bonchev–Trinajstić information content (AvgIpc) is 2.83. The van der Waals surface area contributed by atoms with E-state index < -0.39 is 5.97 Å². The number of carbonyl (C=O) groups excluding carboxylic acids is 1. The van der Waals surface area contributed by atoms with Gasteiger partial charge in [-0.25, -0.2) is 4.79 Å². The Morgan fingerprint density at radius 3 is 2.78 bits per heavy atom. The van der Waals surface area contributed by atoms with Crippen molar-refractivity contribution >= 4 is 11.9 Å². The number of carboxylic acids is 1. The van der Waals surface area contributed by atoms with Gasteiger partial charge in [-0.2, -0.15) is 5.10 Å². The number of aromatic carboxylic acids is 1. The van der Waals surface area contributed by atoms with E-state index in [0.717, 1.165) is 0 Å². The van der Waals surface area contributed by atoms with E-state index in [1.54, 1.807) is 14.0 Å². The average molecular weight is 316 g/mol. The molecule has 8 nitrogen and oxygen atoms in total. The molecule has 3 rings (SSSR count). The maximum absolute atomic E-state index is 12.6. The second kappa shape index (κ2) is 5.38. The summed E-state index contributed by atoms with van der Waals surface area (Å²) >= 11 is 0. The van der Waals surface area contributed by atoms with Gasteiger partial charge in [0.2, 0.25) is 0 Å². The first kappa shape index (κ1) is 15.0. The molecule has 2 N–H and O–H groups in total. The molecule has 0 radical (unpaired) electrons. The lowest BCUT2D eigenvalue weighted by atomic mass is 10.0. The van der Waals surface area contributed by atoms with Gasteiger partial charge in [-0.3, -0.25) is 14.3 Å². The minimum absolute atomic E-state index is 0.0304. The fourth-order valence-electron chi connectivity index (χ4n) is 2.83. The summed E-state index contributed by atoms with van der Waals surface area (Å²) < 4.78 is 1.48. The highest BCUT2D eigenvalue weighted by molar-refractivity contribution is 5.94. The van der Waals surface area contributed by atoms with Crippen LogP contribution in [0.3, 0.4) is 0 Å². The summed E-state index contributed by atoms with van der Waals surface area (Å²) in [6, 6.07) is 1.38. The molecular formula is C15H16N4O4. The van der Waals surface area contributed by atoms with E-state index in [1.807, 2.05) is 0 Å². The van der Waals surface area contributed by atoms with Crippen LogP contribution in [-0.2, 0) is 20.0 Å². The van der Waals surface area contributed by atoms with E-state index in [4.69, 9.17) is 5.11 Å². The summed E-state index contributed by atoms with van der Waals surface area (Å²) in [5.74, 6) is -1.44. The number of carboxylic acid groups (broad SMARTS) is 1. The summed E-state index contributed by atoms with van der Waals surface area (Å²) in [6.45, 7) is 2.33. The third kappa shape index (κ3) is 2.52. The van der Waals surface area contributed by atoms with Crippen LogP contribution in [0.15, 0.2) is 17.1 Å². The van der Waals surface area contributed by atoms with Gasteiger partial charge in [-0.1, -0.05) is 0 Å². The van der Waals surface area contributed by atoms with E-state index in [1.165, 1.54) is 21.8 Å². The maximum Gasteiger partial charge on any atom is 0.356 e. The quantitative estimate of drug-likeness (QED) is 0.829. The van der Waals surface area contributed by atoms with Crippen LogP contribution in [-0.4, -0.2) is 43.2 Å². The van der Waals surface area contributed by atoms with Crippen molar-refractivity contribution in [3.8, 4) is 0 Å². The molecule has 0 bridgehead atoms. The zero-order valence-corrected chi connectivity index (χ0v) is 12.8. The number of aryl methyl sites for hydroxylation is 2. The number of rotatable bonds is 2. The fraction of sp³-hybridized carbons (Fsp3) is 0.333. The first-order chi connectivity index (χ1) is 10.9. The third-order valence-electron chi connectivity index (χ3n) is 4.02. The zero-order chi connectivity index (χ0) is 16.7. The van der Waals surface area contributed by atoms with Gasteiger partial charge in [0.1, 0.15) is 5.56 Å². The summed E-state index contributed by atoms with van der Waals surface area (Å²) in [5, 5.41) is 13.2. The number of pyridine rings is 1. The smallest absolute Gasteiger partial charge is 0.356 e. The Labute approximate surface area is 131 Å². The Hall–Kier alpha value is -2.90. The molecule has 2 aromatic heterocycles. The molecule has 1 aliphatic heterocycles. The highest BCUT2D eigenvalue weighted by atomic mass is 16.4. The minimum Gasteiger partial charge on any atom is -0.476 e. The number of fused-ring (bicyclic) bond motifs is 1. The van der Waals surface area contributed by atoms with Crippen LogP contribution in [0.5, 0.6) is 0 Å². The minimum atomic E-state index is -1.07. The van der Waals surface area contributed by atoms with Crippen molar-refractivity contribution in [2.45, 2.75) is 19.9 Å². The summed E-state index contributed by atoms with van der Waals surface area (Å²) in [7, 11) is 1.65. The molecular weight excluding hydrogens is 300 g/mol. The van der Waals surface area contributed by atoms with Crippen molar-refractivity contribution in [3.63, 3.8) is 0 Å². The number of aromatic amines is 1. The Balaban J connectivity index is 1.91. The van der Waals surface area contributed by atoms with Crippen LogP contribution in [0.2, 0.25) is 0 Å². The molecule has 0 saturated carbocycles. The Morgan fingerprint density at radius 1 is 1.39 bits per heavy atom. The van der Waals surface area contributed by atoms with Crippen LogP contribution in [0.1, 0.15) is 37.8 Å². The molecule has 1 aliphatic rings. The van der Waals surface area contributed by atoms with Crippen LogP contribution >= 0.6 is 0 Å². The Bertz CT molecular complexity index is 865. The van der Waals surface area contributed by atoms with Gasteiger partial charge >= 0.3 is 5.97 Å². The van der Waals surface area contributed by atoms with Gasteiger partial charge in [0.15, 0.2) is 11.1 Å². The normalized spacial score (nSPS) is 13.7. The SMILES string of the molecule is Cc1cc(=O)c(C(=O)N2CCc3c(C(=O)O)nn(C)c3C2)c[nH]1. The van der Waals surface area contributed by atoms with Gasteiger partial charge in [0, 0.05) is 37.1 Å². The van der Waals surface area contributed by atoms with Crippen LogP contribution in [0.25, 0.3) is 0 Å². The third-order valence-corrected chi connectivity index (χ3v) is 4.02. The molecule has 0 atom stereocenters.